The predicted molar refractivity (Wildman–Crippen MR) is 89.3 cm³/mol. The number of nitriles is 1. The molecule has 0 fully saturated rings. The fourth-order valence-electron chi connectivity index (χ4n) is 2.74. The second-order valence-electron chi connectivity index (χ2n) is 5.36. The highest BCUT2D eigenvalue weighted by Crippen LogP contribution is 2.36. The van der Waals surface area contributed by atoms with Crippen LogP contribution in [-0.2, 0) is 0 Å². The molecule has 0 saturated carbocycles. The van der Waals surface area contributed by atoms with E-state index in [4.69, 9.17) is 5.26 Å². The molecule has 0 atom stereocenters. The van der Waals surface area contributed by atoms with E-state index in [1.54, 1.807) is 12.3 Å². The molecular formula is C20H16N2. The Morgan fingerprint density at radius 1 is 0.818 bits per heavy atom. The highest BCUT2D eigenvalue weighted by atomic mass is 14.7. The van der Waals surface area contributed by atoms with Gasteiger partial charge in [-0.2, -0.15) is 5.26 Å². The number of benzene rings is 2. The third kappa shape index (κ3) is 2.49. The maximum Gasteiger partial charge on any atom is 0.140 e. The van der Waals surface area contributed by atoms with Crippen LogP contribution in [0.2, 0.25) is 0 Å². The zero-order chi connectivity index (χ0) is 15.5. The van der Waals surface area contributed by atoms with E-state index in [1.165, 1.54) is 22.3 Å². The number of aromatic nitrogens is 1. The molecule has 0 aliphatic carbocycles. The van der Waals surface area contributed by atoms with Gasteiger partial charge >= 0.3 is 0 Å². The van der Waals surface area contributed by atoms with Crippen LogP contribution in [0, 0.1) is 25.2 Å². The lowest BCUT2D eigenvalue weighted by atomic mass is 9.89. The summed E-state index contributed by atoms with van der Waals surface area (Å²) in [6.45, 7) is 4.25. The average Bonchev–Trinajstić information content (AvgIpc) is 2.56. The van der Waals surface area contributed by atoms with Crippen LogP contribution in [0.15, 0.2) is 60.8 Å². The molecule has 0 unspecified atom stereocenters. The topological polar surface area (TPSA) is 36.7 Å². The molecule has 0 aliphatic rings. The number of pyridine rings is 1. The van der Waals surface area contributed by atoms with Gasteiger partial charge in [0.15, 0.2) is 0 Å². The van der Waals surface area contributed by atoms with Gasteiger partial charge in [-0.05, 0) is 53.8 Å². The number of rotatable bonds is 2. The van der Waals surface area contributed by atoms with E-state index < -0.39 is 0 Å². The van der Waals surface area contributed by atoms with Gasteiger partial charge < -0.3 is 0 Å². The Hall–Kier alpha value is -2.92. The minimum absolute atomic E-state index is 0.439. The van der Waals surface area contributed by atoms with Gasteiger partial charge in [0.2, 0.25) is 0 Å². The van der Waals surface area contributed by atoms with Crippen molar-refractivity contribution in [2.75, 3.05) is 0 Å². The first-order valence-corrected chi connectivity index (χ1v) is 7.23. The van der Waals surface area contributed by atoms with Crippen molar-refractivity contribution < 1.29 is 0 Å². The number of hydrogen-bond acceptors (Lipinski definition) is 2. The summed E-state index contributed by atoms with van der Waals surface area (Å²) in [5, 5.41) is 8.90. The van der Waals surface area contributed by atoms with Crippen LogP contribution in [-0.4, -0.2) is 4.98 Å². The molecule has 0 bridgehead atoms. The molecule has 22 heavy (non-hydrogen) atoms. The molecule has 1 heterocycles. The molecular weight excluding hydrogens is 268 g/mol. The van der Waals surface area contributed by atoms with Crippen molar-refractivity contribution >= 4 is 0 Å². The second-order valence-corrected chi connectivity index (χ2v) is 5.36. The van der Waals surface area contributed by atoms with Crippen molar-refractivity contribution in [1.82, 2.24) is 4.98 Å². The third-order valence-corrected chi connectivity index (χ3v) is 3.88. The summed E-state index contributed by atoms with van der Waals surface area (Å²) in [5.41, 5.74) is 7.56. The molecule has 2 aromatic carbocycles. The SMILES string of the molecule is Cc1ccccc1-c1c(C)cccc1-c1ccc(C#N)nc1. The van der Waals surface area contributed by atoms with E-state index in [0.29, 0.717) is 5.69 Å². The first-order valence-electron chi connectivity index (χ1n) is 7.23. The lowest BCUT2D eigenvalue weighted by Crippen LogP contribution is -1.92. The minimum atomic E-state index is 0.439. The van der Waals surface area contributed by atoms with Crippen molar-refractivity contribution in [2.24, 2.45) is 0 Å². The minimum Gasteiger partial charge on any atom is -0.245 e. The first kappa shape index (κ1) is 14.0. The van der Waals surface area contributed by atoms with Crippen LogP contribution in [0.3, 0.4) is 0 Å². The summed E-state index contributed by atoms with van der Waals surface area (Å²) < 4.78 is 0. The van der Waals surface area contributed by atoms with Gasteiger partial charge in [-0.3, -0.25) is 0 Å². The van der Waals surface area contributed by atoms with E-state index >= 15 is 0 Å². The molecule has 0 radical (unpaired) electrons. The predicted octanol–water partition coefficient (Wildman–Crippen LogP) is 4.90. The summed E-state index contributed by atoms with van der Waals surface area (Å²) >= 11 is 0. The van der Waals surface area contributed by atoms with Gasteiger partial charge in [0.25, 0.3) is 0 Å². The van der Waals surface area contributed by atoms with Crippen molar-refractivity contribution in [3.63, 3.8) is 0 Å². The number of nitrogens with zero attached hydrogens (tertiary/aromatic N) is 2. The van der Waals surface area contributed by atoms with Gasteiger partial charge in [-0.1, -0.05) is 42.5 Å². The van der Waals surface area contributed by atoms with E-state index in [2.05, 4.69) is 67.4 Å². The van der Waals surface area contributed by atoms with E-state index in [-0.39, 0.29) is 0 Å². The molecule has 106 valence electrons. The van der Waals surface area contributed by atoms with E-state index in [1.807, 2.05) is 6.07 Å². The summed E-state index contributed by atoms with van der Waals surface area (Å²) in [7, 11) is 0. The van der Waals surface area contributed by atoms with Crippen molar-refractivity contribution in [2.45, 2.75) is 13.8 Å². The molecule has 2 nitrogen and oxygen atoms in total. The van der Waals surface area contributed by atoms with Gasteiger partial charge in [0.1, 0.15) is 11.8 Å². The highest BCUT2D eigenvalue weighted by Gasteiger charge is 2.12. The zero-order valence-electron chi connectivity index (χ0n) is 12.7. The molecule has 0 spiro atoms. The standard InChI is InChI=1S/C20H16N2/c1-14-6-3-4-8-18(14)20-15(2)7-5-9-19(20)16-10-11-17(12-21)22-13-16/h3-11,13H,1-2H3. The van der Waals surface area contributed by atoms with E-state index in [0.717, 1.165) is 11.1 Å². The second kappa shape index (κ2) is 5.83. The molecule has 0 aliphatic heterocycles. The van der Waals surface area contributed by atoms with Crippen molar-refractivity contribution in [3.8, 4) is 28.3 Å². The monoisotopic (exact) mass is 284 g/mol. The number of aryl methyl sites for hydroxylation is 2. The van der Waals surface area contributed by atoms with Gasteiger partial charge in [0, 0.05) is 11.8 Å². The van der Waals surface area contributed by atoms with Gasteiger partial charge in [0.05, 0.1) is 0 Å². The Morgan fingerprint density at radius 3 is 2.23 bits per heavy atom. The van der Waals surface area contributed by atoms with Crippen LogP contribution in [0.5, 0.6) is 0 Å². The quantitative estimate of drug-likeness (QED) is 0.670. The molecule has 3 aromatic rings. The Kier molecular flexibility index (Phi) is 3.72. The van der Waals surface area contributed by atoms with Crippen molar-refractivity contribution in [1.29, 1.82) is 5.26 Å². The van der Waals surface area contributed by atoms with Crippen LogP contribution in [0.25, 0.3) is 22.3 Å². The Morgan fingerprint density at radius 2 is 1.55 bits per heavy atom. The third-order valence-electron chi connectivity index (χ3n) is 3.88. The average molecular weight is 284 g/mol. The van der Waals surface area contributed by atoms with E-state index in [9.17, 15) is 0 Å². The fourth-order valence-corrected chi connectivity index (χ4v) is 2.74. The first-order chi connectivity index (χ1) is 10.7. The summed E-state index contributed by atoms with van der Waals surface area (Å²) in [5.74, 6) is 0. The molecule has 0 saturated heterocycles. The Bertz CT molecular complexity index is 856. The molecule has 1 aromatic heterocycles. The highest BCUT2D eigenvalue weighted by molar-refractivity contribution is 5.86. The zero-order valence-corrected chi connectivity index (χ0v) is 12.7. The molecule has 2 heteroatoms. The number of hydrogen-bond donors (Lipinski definition) is 0. The molecule has 0 amide bonds. The Balaban J connectivity index is 2.23. The lowest BCUT2D eigenvalue weighted by molar-refractivity contribution is 1.26. The fraction of sp³-hybridized carbons (Fsp3) is 0.100. The maximum atomic E-state index is 8.90. The van der Waals surface area contributed by atoms with Crippen LogP contribution < -0.4 is 0 Å². The summed E-state index contributed by atoms with van der Waals surface area (Å²) in [6, 6.07) is 20.5. The molecule has 0 N–H and O–H groups in total. The normalized spacial score (nSPS) is 10.2. The van der Waals surface area contributed by atoms with Crippen molar-refractivity contribution in [3.05, 3.63) is 77.6 Å². The summed E-state index contributed by atoms with van der Waals surface area (Å²) in [4.78, 5) is 4.20. The summed E-state index contributed by atoms with van der Waals surface area (Å²) in [6.07, 6.45) is 1.77. The Labute approximate surface area is 130 Å². The van der Waals surface area contributed by atoms with Gasteiger partial charge in [-0.25, -0.2) is 4.98 Å². The lowest BCUT2D eigenvalue weighted by Gasteiger charge is -2.15. The van der Waals surface area contributed by atoms with Crippen LogP contribution in [0.1, 0.15) is 16.8 Å². The van der Waals surface area contributed by atoms with Crippen LogP contribution >= 0.6 is 0 Å². The van der Waals surface area contributed by atoms with Crippen LogP contribution in [0.4, 0.5) is 0 Å². The maximum absolute atomic E-state index is 8.90. The van der Waals surface area contributed by atoms with Gasteiger partial charge in [-0.15, -0.1) is 0 Å². The smallest absolute Gasteiger partial charge is 0.140 e. The largest absolute Gasteiger partial charge is 0.245 e. The molecule has 3 rings (SSSR count).